The van der Waals surface area contributed by atoms with E-state index in [-0.39, 0.29) is 5.97 Å². The largest absolute Gasteiger partial charge is 0.465 e. The Kier molecular flexibility index (Phi) is 11.9. The SMILES string of the molecule is CC.CO.COC(=O)c1cc(N)c(N2CCN(c3ccccc3C)CC2)cc1/C=C/N(C)C. The van der Waals surface area contributed by atoms with Crippen LogP contribution >= 0.6 is 0 Å². The number of ether oxygens (including phenoxy) is 1. The standard InChI is InChI=1S/C23H30N4O2.C2H6.CH4O/c1-17-7-5-6-8-21(17)26-11-13-27(14-12-26)22-15-18(9-10-25(2)3)19(16-20(22)24)23(28)29-4;2*1-2/h5-10,15-16H,11-14,24H2,1-4H3;1-2H3;2H,1H3/b10-9+;;. The topological polar surface area (TPSA) is 82.3 Å². The second kappa shape index (κ2) is 14.1. The van der Waals surface area contributed by atoms with Gasteiger partial charge in [0.2, 0.25) is 0 Å². The van der Waals surface area contributed by atoms with Crippen LogP contribution in [0.15, 0.2) is 42.6 Å². The average Bonchev–Trinajstić information content (AvgIpc) is 2.85. The second-order valence-electron chi connectivity index (χ2n) is 7.53. The quantitative estimate of drug-likeness (QED) is 0.522. The Morgan fingerprint density at radius 3 is 2.09 bits per heavy atom. The summed E-state index contributed by atoms with van der Waals surface area (Å²) in [5, 5.41) is 7.00. The molecule has 7 nitrogen and oxygen atoms in total. The number of benzene rings is 2. The highest BCUT2D eigenvalue weighted by Crippen LogP contribution is 2.31. The number of rotatable bonds is 5. The van der Waals surface area contributed by atoms with Crippen LogP contribution < -0.4 is 15.5 Å². The van der Waals surface area contributed by atoms with E-state index in [1.165, 1.54) is 18.4 Å². The first-order chi connectivity index (χ1) is 15.9. The smallest absolute Gasteiger partial charge is 0.338 e. The van der Waals surface area contributed by atoms with Gasteiger partial charge in [0.15, 0.2) is 0 Å². The van der Waals surface area contributed by atoms with Crippen molar-refractivity contribution in [3.63, 3.8) is 0 Å². The lowest BCUT2D eigenvalue weighted by Crippen LogP contribution is -2.47. The van der Waals surface area contributed by atoms with Gasteiger partial charge < -0.3 is 30.3 Å². The van der Waals surface area contributed by atoms with Gasteiger partial charge in [0.1, 0.15) is 0 Å². The molecule has 7 heteroatoms. The third-order valence-electron chi connectivity index (χ3n) is 5.23. The first-order valence-corrected chi connectivity index (χ1v) is 11.3. The number of aryl methyl sites for hydroxylation is 1. The first-order valence-electron chi connectivity index (χ1n) is 11.3. The van der Waals surface area contributed by atoms with E-state index in [0.717, 1.165) is 44.5 Å². The van der Waals surface area contributed by atoms with E-state index >= 15 is 0 Å². The molecule has 182 valence electrons. The number of aliphatic hydroxyl groups excluding tert-OH is 1. The molecule has 3 rings (SSSR count). The Morgan fingerprint density at radius 1 is 1.03 bits per heavy atom. The van der Waals surface area contributed by atoms with Gasteiger partial charge in [-0.3, -0.25) is 0 Å². The molecule has 2 aromatic carbocycles. The summed E-state index contributed by atoms with van der Waals surface area (Å²) < 4.78 is 4.94. The summed E-state index contributed by atoms with van der Waals surface area (Å²) in [6.07, 6.45) is 3.83. The molecule has 1 saturated heterocycles. The number of hydrogen-bond donors (Lipinski definition) is 2. The predicted molar refractivity (Wildman–Crippen MR) is 140 cm³/mol. The number of nitrogen functional groups attached to an aromatic ring is 1. The molecule has 33 heavy (non-hydrogen) atoms. The van der Waals surface area contributed by atoms with Crippen molar-refractivity contribution < 1.29 is 14.6 Å². The number of para-hydroxylation sites is 1. The number of nitrogens with zero attached hydrogens (tertiary/aromatic N) is 3. The number of anilines is 3. The summed E-state index contributed by atoms with van der Waals surface area (Å²) in [5.41, 5.74) is 11.8. The lowest BCUT2D eigenvalue weighted by Gasteiger charge is -2.38. The molecule has 1 heterocycles. The molecule has 0 spiro atoms. The molecule has 0 aromatic heterocycles. The van der Waals surface area contributed by atoms with E-state index in [2.05, 4.69) is 41.0 Å². The van der Waals surface area contributed by atoms with Crippen LogP contribution in [0.2, 0.25) is 0 Å². The van der Waals surface area contributed by atoms with Gasteiger partial charge in [0.05, 0.1) is 24.0 Å². The molecule has 1 aliphatic heterocycles. The summed E-state index contributed by atoms with van der Waals surface area (Å²) >= 11 is 0. The van der Waals surface area contributed by atoms with Crippen LogP contribution in [0.4, 0.5) is 17.1 Å². The fraction of sp³-hybridized carbons (Fsp3) is 0.423. The van der Waals surface area contributed by atoms with E-state index in [0.29, 0.717) is 11.3 Å². The summed E-state index contributed by atoms with van der Waals surface area (Å²) in [5.74, 6) is -0.383. The minimum Gasteiger partial charge on any atom is -0.465 e. The van der Waals surface area contributed by atoms with Crippen molar-refractivity contribution in [2.24, 2.45) is 0 Å². The molecule has 0 atom stereocenters. The maximum Gasteiger partial charge on any atom is 0.338 e. The molecule has 0 saturated carbocycles. The maximum absolute atomic E-state index is 12.2. The predicted octanol–water partition coefficient (Wildman–Crippen LogP) is 3.86. The van der Waals surface area contributed by atoms with E-state index in [1.807, 2.05) is 51.2 Å². The third kappa shape index (κ3) is 7.43. The molecule has 0 radical (unpaired) electrons. The van der Waals surface area contributed by atoms with Gasteiger partial charge >= 0.3 is 5.97 Å². The summed E-state index contributed by atoms with van der Waals surface area (Å²) in [6.45, 7) is 9.73. The second-order valence-corrected chi connectivity index (χ2v) is 7.53. The van der Waals surface area contributed by atoms with Gasteiger partial charge in [-0.1, -0.05) is 32.0 Å². The zero-order valence-corrected chi connectivity index (χ0v) is 21.1. The van der Waals surface area contributed by atoms with E-state index < -0.39 is 0 Å². The molecule has 1 aliphatic rings. The number of nitrogens with two attached hydrogens (primary N) is 1. The van der Waals surface area contributed by atoms with E-state index in [4.69, 9.17) is 15.6 Å². The van der Waals surface area contributed by atoms with Crippen LogP contribution in [-0.2, 0) is 4.74 Å². The van der Waals surface area contributed by atoms with Gasteiger partial charge in [-0.05, 0) is 48.5 Å². The monoisotopic (exact) mass is 456 g/mol. The van der Waals surface area contributed by atoms with Crippen LogP contribution in [0.1, 0.15) is 35.3 Å². The lowest BCUT2D eigenvalue weighted by molar-refractivity contribution is 0.0600. The van der Waals surface area contributed by atoms with Crippen LogP contribution in [0, 0.1) is 6.92 Å². The number of hydrogen-bond acceptors (Lipinski definition) is 7. The number of carbonyl (C=O) groups is 1. The Hall–Kier alpha value is -3.19. The van der Waals surface area contributed by atoms with Gasteiger partial charge in [-0.25, -0.2) is 4.79 Å². The molecule has 0 aliphatic carbocycles. The summed E-state index contributed by atoms with van der Waals surface area (Å²) in [4.78, 5) is 18.8. The maximum atomic E-state index is 12.2. The summed E-state index contributed by atoms with van der Waals surface area (Å²) in [6, 6.07) is 12.2. The molecule has 0 unspecified atom stereocenters. The Balaban J connectivity index is 0.00000129. The Morgan fingerprint density at radius 2 is 1.58 bits per heavy atom. The molecule has 2 aromatic rings. The van der Waals surface area contributed by atoms with Gasteiger partial charge in [-0.15, -0.1) is 0 Å². The highest BCUT2D eigenvalue weighted by Gasteiger charge is 2.22. The minimum absolute atomic E-state index is 0.383. The minimum atomic E-state index is -0.383. The van der Waals surface area contributed by atoms with Gasteiger partial charge in [0.25, 0.3) is 0 Å². The number of aliphatic hydroxyl groups is 1. The Labute approximate surface area is 199 Å². The average molecular weight is 457 g/mol. The number of carbonyl (C=O) groups excluding carboxylic acids is 1. The zero-order valence-electron chi connectivity index (χ0n) is 21.1. The Bertz CT molecular complexity index is 904. The van der Waals surface area contributed by atoms with Crippen molar-refractivity contribution in [1.29, 1.82) is 0 Å². The molecule has 0 amide bonds. The molecular weight excluding hydrogens is 416 g/mol. The van der Waals surface area contributed by atoms with Crippen LogP contribution in [0.3, 0.4) is 0 Å². The highest BCUT2D eigenvalue weighted by molar-refractivity contribution is 5.96. The van der Waals surface area contributed by atoms with Crippen molar-refractivity contribution in [2.75, 3.05) is 70.0 Å². The molecule has 1 fully saturated rings. The number of esters is 1. The fourth-order valence-corrected chi connectivity index (χ4v) is 3.66. The van der Waals surface area contributed by atoms with Crippen LogP contribution in [0.25, 0.3) is 6.08 Å². The van der Waals surface area contributed by atoms with E-state index in [9.17, 15) is 4.79 Å². The van der Waals surface area contributed by atoms with Crippen molar-refractivity contribution in [1.82, 2.24) is 4.90 Å². The molecule has 0 bridgehead atoms. The molecule has 3 N–H and O–H groups in total. The number of piperazine rings is 1. The third-order valence-corrected chi connectivity index (χ3v) is 5.23. The van der Waals surface area contributed by atoms with Crippen LogP contribution in [-0.4, -0.2) is 70.5 Å². The zero-order chi connectivity index (χ0) is 25.0. The normalized spacial score (nSPS) is 13.0. The van der Waals surface area contributed by atoms with Gasteiger partial charge in [0, 0.05) is 53.1 Å². The highest BCUT2D eigenvalue weighted by atomic mass is 16.5. The first kappa shape index (κ1) is 27.8. The fourth-order valence-electron chi connectivity index (χ4n) is 3.66. The van der Waals surface area contributed by atoms with Crippen molar-refractivity contribution in [3.8, 4) is 0 Å². The van der Waals surface area contributed by atoms with Crippen molar-refractivity contribution in [2.45, 2.75) is 20.8 Å². The van der Waals surface area contributed by atoms with Gasteiger partial charge in [-0.2, -0.15) is 0 Å². The van der Waals surface area contributed by atoms with Crippen molar-refractivity contribution in [3.05, 3.63) is 59.3 Å². The van der Waals surface area contributed by atoms with E-state index in [1.54, 1.807) is 6.07 Å². The number of methoxy groups -OCH3 is 1. The van der Waals surface area contributed by atoms with Crippen molar-refractivity contribution >= 4 is 29.1 Å². The summed E-state index contributed by atoms with van der Waals surface area (Å²) in [7, 11) is 6.27. The molecular formula is C26H40N4O3. The van der Waals surface area contributed by atoms with Crippen LogP contribution in [0.5, 0.6) is 0 Å². The lowest BCUT2D eigenvalue weighted by atomic mass is 10.0.